The lowest BCUT2D eigenvalue weighted by Gasteiger charge is -2.24. The Hall–Kier alpha value is -1.68. The molecule has 0 saturated heterocycles. The highest BCUT2D eigenvalue weighted by atomic mass is 32.1. The number of hydrogen-bond acceptors (Lipinski definition) is 2. The molecule has 0 aliphatic heterocycles. The van der Waals surface area contributed by atoms with Gasteiger partial charge in [0, 0.05) is 32.4 Å². The molecule has 0 atom stereocenters. The number of hydrogen-bond donors (Lipinski definition) is 0. The molecule has 1 heterocycles. The van der Waals surface area contributed by atoms with Gasteiger partial charge >= 0.3 is 0 Å². The maximum atomic E-state index is 13.6. The molecular formula is C23H33N2OS+. The van der Waals surface area contributed by atoms with Crippen molar-refractivity contribution in [2.45, 2.75) is 78.2 Å². The molecule has 1 aliphatic rings. The molecule has 1 amide bonds. The third-order valence-corrected chi connectivity index (χ3v) is 6.80. The fourth-order valence-corrected chi connectivity index (χ4v) is 4.89. The summed E-state index contributed by atoms with van der Waals surface area (Å²) in [5.74, 6) is 0.439. The zero-order chi connectivity index (χ0) is 19.4. The maximum Gasteiger partial charge on any atom is 0.235 e. The average Bonchev–Trinajstić information content (AvgIpc) is 3.31. The standard InChI is InChI=1S/C23H33N2OS/c1-5-6-12-19-17-24(23(2,3)4)27-22(19)25(20-15-8-7-9-16-20)21(26)18-13-10-11-14-18/h7-9,15-18H,5-6,10-14H2,1-4H3/q+1. The van der Waals surface area contributed by atoms with E-state index in [2.05, 4.69) is 50.0 Å². The Bertz CT molecular complexity index is 754. The smallest absolute Gasteiger partial charge is 0.235 e. The SMILES string of the molecule is CCCCc1c[n+](C(C)(C)C)sc1N(C(=O)C1CCCC1)c1ccccc1. The maximum absolute atomic E-state index is 13.6. The number of benzene rings is 1. The van der Waals surface area contributed by atoms with Crippen LogP contribution in [-0.4, -0.2) is 5.91 Å². The predicted octanol–water partition coefficient (Wildman–Crippen LogP) is 5.99. The van der Waals surface area contributed by atoms with Crippen LogP contribution in [-0.2, 0) is 16.8 Å². The van der Waals surface area contributed by atoms with Gasteiger partial charge in [-0.25, -0.2) is 0 Å². The number of nitrogens with zero attached hydrogens (tertiary/aromatic N) is 2. The summed E-state index contributed by atoms with van der Waals surface area (Å²) in [6, 6.07) is 10.2. The molecule has 1 saturated carbocycles. The number of aromatic nitrogens is 1. The number of aryl methyl sites for hydroxylation is 1. The van der Waals surface area contributed by atoms with Gasteiger partial charge in [-0.1, -0.05) is 44.4 Å². The van der Waals surface area contributed by atoms with Crippen molar-refractivity contribution in [3.05, 3.63) is 42.1 Å². The van der Waals surface area contributed by atoms with Crippen LogP contribution in [0, 0.1) is 5.92 Å². The molecule has 0 N–H and O–H groups in total. The number of rotatable bonds is 6. The summed E-state index contributed by atoms with van der Waals surface area (Å²) in [6.45, 7) is 8.90. The van der Waals surface area contributed by atoms with E-state index in [-0.39, 0.29) is 17.4 Å². The molecule has 146 valence electrons. The first kappa shape index (κ1) is 20.1. The molecule has 27 heavy (non-hydrogen) atoms. The van der Waals surface area contributed by atoms with E-state index in [0.717, 1.165) is 42.8 Å². The van der Waals surface area contributed by atoms with Crippen molar-refractivity contribution in [1.29, 1.82) is 0 Å². The van der Waals surface area contributed by atoms with Crippen LogP contribution < -0.4 is 8.86 Å². The molecule has 1 aromatic carbocycles. The van der Waals surface area contributed by atoms with Crippen molar-refractivity contribution >= 4 is 28.1 Å². The van der Waals surface area contributed by atoms with Gasteiger partial charge < -0.3 is 0 Å². The van der Waals surface area contributed by atoms with E-state index in [1.54, 1.807) is 11.5 Å². The van der Waals surface area contributed by atoms with Gasteiger partial charge in [0.1, 0.15) is 0 Å². The Labute approximate surface area is 168 Å². The fraction of sp³-hybridized carbons (Fsp3) is 0.565. The van der Waals surface area contributed by atoms with Crippen LogP contribution in [0.2, 0.25) is 0 Å². The Morgan fingerprint density at radius 1 is 1.19 bits per heavy atom. The summed E-state index contributed by atoms with van der Waals surface area (Å²) in [7, 11) is 0. The van der Waals surface area contributed by atoms with Crippen molar-refractivity contribution in [3.8, 4) is 0 Å². The molecule has 0 spiro atoms. The first-order valence-corrected chi connectivity index (χ1v) is 11.1. The molecule has 0 radical (unpaired) electrons. The highest BCUT2D eigenvalue weighted by molar-refractivity contribution is 7.07. The second-order valence-corrected chi connectivity index (χ2v) is 9.60. The quantitative estimate of drug-likeness (QED) is 0.561. The van der Waals surface area contributed by atoms with Gasteiger partial charge in [0.25, 0.3) is 0 Å². The van der Waals surface area contributed by atoms with Crippen LogP contribution >= 0.6 is 11.5 Å². The third kappa shape index (κ3) is 4.60. The highest BCUT2D eigenvalue weighted by Crippen LogP contribution is 2.37. The minimum atomic E-state index is 0.0165. The van der Waals surface area contributed by atoms with Crippen molar-refractivity contribution in [2.24, 2.45) is 5.92 Å². The molecule has 2 aromatic rings. The van der Waals surface area contributed by atoms with E-state index in [1.165, 1.54) is 18.4 Å². The molecule has 3 rings (SSSR count). The summed E-state index contributed by atoms with van der Waals surface area (Å²) in [5.41, 5.74) is 2.31. The summed E-state index contributed by atoms with van der Waals surface area (Å²) >= 11 is 1.73. The van der Waals surface area contributed by atoms with Crippen LogP contribution in [0.4, 0.5) is 10.7 Å². The van der Waals surface area contributed by atoms with Gasteiger partial charge in [0.2, 0.25) is 5.91 Å². The minimum absolute atomic E-state index is 0.0165. The van der Waals surface area contributed by atoms with Gasteiger partial charge in [-0.15, -0.1) is 3.96 Å². The molecule has 1 fully saturated rings. The normalized spacial score (nSPS) is 15.3. The van der Waals surface area contributed by atoms with Crippen LogP contribution in [0.3, 0.4) is 0 Å². The second-order valence-electron chi connectivity index (χ2n) is 8.64. The Morgan fingerprint density at radius 3 is 2.44 bits per heavy atom. The lowest BCUT2D eigenvalue weighted by molar-refractivity contribution is -0.692. The largest absolute Gasteiger partial charge is 0.274 e. The summed E-state index contributed by atoms with van der Waals surface area (Å²) in [4.78, 5) is 15.6. The lowest BCUT2D eigenvalue weighted by atomic mass is 10.1. The average molecular weight is 386 g/mol. The fourth-order valence-electron chi connectivity index (χ4n) is 3.71. The molecule has 0 unspecified atom stereocenters. The zero-order valence-corrected chi connectivity index (χ0v) is 18.0. The van der Waals surface area contributed by atoms with E-state index in [4.69, 9.17) is 0 Å². The van der Waals surface area contributed by atoms with E-state index in [1.807, 2.05) is 23.1 Å². The number of anilines is 2. The first-order chi connectivity index (χ1) is 12.9. The molecule has 4 heteroatoms. The molecule has 1 aromatic heterocycles. The van der Waals surface area contributed by atoms with E-state index < -0.39 is 0 Å². The topological polar surface area (TPSA) is 24.2 Å². The van der Waals surface area contributed by atoms with E-state index >= 15 is 0 Å². The monoisotopic (exact) mass is 385 g/mol. The van der Waals surface area contributed by atoms with Gasteiger partial charge in [0.15, 0.2) is 28.3 Å². The van der Waals surface area contributed by atoms with Crippen molar-refractivity contribution in [2.75, 3.05) is 4.90 Å². The number of carbonyl (C=O) groups is 1. The van der Waals surface area contributed by atoms with E-state index in [9.17, 15) is 4.79 Å². The van der Waals surface area contributed by atoms with E-state index in [0.29, 0.717) is 0 Å². The number of amides is 1. The summed E-state index contributed by atoms with van der Waals surface area (Å²) in [6.07, 6.45) is 10.00. The van der Waals surface area contributed by atoms with Gasteiger partial charge in [-0.2, -0.15) is 0 Å². The van der Waals surface area contributed by atoms with Crippen LogP contribution in [0.15, 0.2) is 36.5 Å². The number of unbranched alkanes of at least 4 members (excludes halogenated alkanes) is 1. The molecule has 1 aliphatic carbocycles. The number of carbonyl (C=O) groups excluding carboxylic acids is 1. The van der Waals surface area contributed by atoms with Crippen LogP contribution in [0.25, 0.3) is 0 Å². The van der Waals surface area contributed by atoms with Crippen molar-refractivity contribution in [3.63, 3.8) is 0 Å². The highest BCUT2D eigenvalue weighted by Gasteiger charge is 2.35. The Morgan fingerprint density at radius 2 is 1.85 bits per heavy atom. The van der Waals surface area contributed by atoms with Crippen molar-refractivity contribution in [1.82, 2.24) is 0 Å². The Balaban J connectivity index is 2.07. The minimum Gasteiger partial charge on any atom is -0.274 e. The lowest BCUT2D eigenvalue weighted by Crippen LogP contribution is -2.46. The van der Waals surface area contributed by atoms with Gasteiger partial charge in [-0.3, -0.25) is 9.69 Å². The number of para-hydroxylation sites is 1. The second kappa shape index (κ2) is 8.55. The molecule has 3 nitrogen and oxygen atoms in total. The molecule has 0 bridgehead atoms. The van der Waals surface area contributed by atoms with Crippen LogP contribution in [0.1, 0.15) is 71.8 Å². The summed E-state index contributed by atoms with van der Waals surface area (Å²) in [5, 5.41) is 1.11. The van der Waals surface area contributed by atoms with Crippen LogP contribution in [0.5, 0.6) is 0 Å². The van der Waals surface area contributed by atoms with Gasteiger partial charge in [0.05, 0.1) is 5.56 Å². The zero-order valence-electron chi connectivity index (χ0n) is 17.2. The first-order valence-electron chi connectivity index (χ1n) is 10.4. The molecular weight excluding hydrogens is 352 g/mol. The predicted molar refractivity (Wildman–Crippen MR) is 114 cm³/mol. The Kier molecular flexibility index (Phi) is 6.36. The third-order valence-electron chi connectivity index (χ3n) is 5.34. The van der Waals surface area contributed by atoms with Crippen molar-refractivity contribution < 1.29 is 8.75 Å². The summed E-state index contributed by atoms with van der Waals surface area (Å²) < 4.78 is 2.31. The van der Waals surface area contributed by atoms with Gasteiger partial charge in [-0.05, 0) is 37.8 Å².